The lowest BCUT2D eigenvalue weighted by molar-refractivity contribution is -0.167. The summed E-state index contributed by atoms with van der Waals surface area (Å²) in [5, 5.41) is 0. The van der Waals surface area contributed by atoms with Crippen molar-refractivity contribution >= 4 is 17.9 Å². The van der Waals surface area contributed by atoms with Crippen molar-refractivity contribution in [1.82, 2.24) is 0 Å². The third-order valence-electron chi connectivity index (χ3n) is 12.3. The fourth-order valence-corrected chi connectivity index (χ4v) is 8.03. The number of allylic oxidation sites excluding steroid dienone is 8. The Balaban J connectivity index is 4.31. The molecular weight excluding hydrogens is 805 g/mol. The SMILES string of the molecule is CCCCC/C=C\C/C=C\C/C=C\CCCCC(=O)OC[C@H](COC(=O)CCCCCCCCCCCCC/C=C\CCCCCCCC)OC(=O)CCCCCCCCCCCCC. The molecule has 0 unspecified atom stereocenters. The topological polar surface area (TPSA) is 78.9 Å². The first-order chi connectivity index (χ1) is 32.0. The van der Waals surface area contributed by atoms with E-state index >= 15 is 0 Å². The van der Waals surface area contributed by atoms with Crippen LogP contribution in [-0.2, 0) is 28.6 Å². The molecule has 6 heteroatoms. The van der Waals surface area contributed by atoms with Crippen molar-refractivity contribution in [3.8, 4) is 0 Å². The Morgan fingerprint density at radius 3 is 0.938 bits per heavy atom. The standard InChI is InChI=1S/C59H106O6/c1-4-7-10-13-16-19-22-24-26-27-28-29-30-31-33-35-38-40-43-46-49-52-58(61)64-55-56(65-59(62)53-50-47-44-41-36-21-18-15-12-9-6-3)54-63-57(60)51-48-45-42-39-37-34-32-25-23-20-17-14-11-8-5-2/h17,20,24-26,32,37,39,56H,4-16,18-19,21-23,27-31,33-36,38,40-55H2,1-3H3/b20-17-,26-24-,32-25-,39-37-/t56-/m1/s1. The minimum atomic E-state index is -0.785. The van der Waals surface area contributed by atoms with Crippen LogP contribution in [0.4, 0.5) is 0 Å². The molecule has 0 heterocycles. The van der Waals surface area contributed by atoms with E-state index in [9.17, 15) is 14.4 Å². The van der Waals surface area contributed by atoms with Crippen LogP contribution < -0.4 is 0 Å². The molecule has 0 bridgehead atoms. The molecule has 0 amide bonds. The second-order valence-corrected chi connectivity index (χ2v) is 18.8. The van der Waals surface area contributed by atoms with Gasteiger partial charge < -0.3 is 14.2 Å². The molecule has 0 aliphatic rings. The van der Waals surface area contributed by atoms with Gasteiger partial charge in [0.15, 0.2) is 6.10 Å². The van der Waals surface area contributed by atoms with Crippen LogP contribution >= 0.6 is 0 Å². The summed E-state index contributed by atoms with van der Waals surface area (Å²) in [6.07, 6.45) is 65.3. The third kappa shape index (κ3) is 52.2. The summed E-state index contributed by atoms with van der Waals surface area (Å²) in [6, 6.07) is 0. The molecule has 6 nitrogen and oxygen atoms in total. The van der Waals surface area contributed by atoms with Gasteiger partial charge in [0.05, 0.1) is 0 Å². The van der Waals surface area contributed by atoms with Gasteiger partial charge in [-0.1, -0.05) is 236 Å². The van der Waals surface area contributed by atoms with Gasteiger partial charge in [-0.05, 0) is 83.5 Å². The number of unbranched alkanes of at least 4 members (excludes halogenated alkanes) is 32. The Kier molecular flexibility index (Phi) is 51.8. The Morgan fingerprint density at radius 1 is 0.308 bits per heavy atom. The fraction of sp³-hybridized carbons (Fsp3) is 0.814. The predicted octanol–water partition coefficient (Wildman–Crippen LogP) is 18.7. The van der Waals surface area contributed by atoms with Gasteiger partial charge in [-0.25, -0.2) is 0 Å². The minimum Gasteiger partial charge on any atom is -0.462 e. The van der Waals surface area contributed by atoms with Gasteiger partial charge >= 0.3 is 17.9 Å². The van der Waals surface area contributed by atoms with Crippen molar-refractivity contribution < 1.29 is 28.6 Å². The average Bonchev–Trinajstić information content (AvgIpc) is 3.30. The van der Waals surface area contributed by atoms with E-state index in [2.05, 4.69) is 69.4 Å². The maximum absolute atomic E-state index is 12.8. The van der Waals surface area contributed by atoms with Crippen LogP contribution in [0.25, 0.3) is 0 Å². The minimum absolute atomic E-state index is 0.0828. The van der Waals surface area contributed by atoms with Crippen molar-refractivity contribution in [1.29, 1.82) is 0 Å². The van der Waals surface area contributed by atoms with Crippen LogP contribution in [0.5, 0.6) is 0 Å². The summed E-state index contributed by atoms with van der Waals surface area (Å²) in [5.74, 6) is -0.913. The largest absolute Gasteiger partial charge is 0.462 e. The summed E-state index contributed by atoms with van der Waals surface area (Å²) in [6.45, 7) is 6.59. The van der Waals surface area contributed by atoms with Crippen molar-refractivity contribution in [2.45, 2.75) is 297 Å². The van der Waals surface area contributed by atoms with E-state index in [-0.39, 0.29) is 31.1 Å². The highest BCUT2D eigenvalue weighted by atomic mass is 16.6. The van der Waals surface area contributed by atoms with Gasteiger partial charge in [0.25, 0.3) is 0 Å². The zero-order chi connectivity index (χ0) is 47.2. The van der Waals surface area contributed by atoms with Crippen LogP contribution in [0.15, 0.2) is 48.6 Å². The highest BCUT2D eigenvalue weighted by Gasteiger charge is 2.19. The molecule has 0 aromatic carbocycles. The number of hydrogen-bond acceptors (Lipinski definition) is 6. The first-order valence-corrected chi connectivity index (χ1v) is 28.1. The molecule has 378 valence electrons. The van der Waals surface area contributed by atoms with E-state index in [1.54, 1.807) is 0 Å². The van der Waals surface area contributed by atoms with Crippen molar-refractivity contribution in [2.24, 2.45) is 0 Å². The molecule has 1 atom stereocenters. The highest BCUT2D eigenvalue weighted by Crippen LogP contribution is 2.16. The summed E-state index contributed by atoms with van der Waals surface area (Å²) < 4.78 is 16.8. The highest BCUT2D eigenvalue weighted by molar-refractivity contribution is 5.71. The summed E-state index contributed by atoms with van der Waals surface area (Å²) in [7, 11) is 0. The van der Waals surface area contributed by atoms with Crippen molar-refractivity contribution in [2.75, 3.05) is 13.2 Å². The molecule has 0 aliphatic heterocycles. The van der Waals surface area contributed by atoms with Crippen LogP contribution in [0.3, 0.4) is 0 Å². The number of esters is 3. The van der Waals surface area contributed by atoms with E-state index < -0.39 is 6.10 Å². The molecule has 0 saturated carbocycles. The summed E-state index contributed by atoms with van der Waals surface area (Å²) in [4.78, 5) is 38.0. The zero-order valence-corrected chi connectivity index (χ0v) is 43.3. The molecule has 0 aromatic heterocycles. The van der Waals surface area contributed by atoms with E-state index in [1.807, 2.05) is 0 Å². The smallest absolute Gasteiger partial charge is 0.306 e. The Labute approximate surface area is 403 Å². The maximum Gasteiger partial charge on any atom is 0.306 e. The second kappa shape index (κ2) is 54.0. The van der Waals surface area contributed by atoms with Gasteiger partial charge in [-0.15, -0.1) is 0 Å². The van der Waals surface area contributed by atoms with Gasteiger partial charge in [0.1, 0.15) is 13.2 Å². The molecule has 0 fully saturated rings. The lowest BCUT2D eigenvalue weighted by Gasteiger charge is -2.18. The van der Waals surface area contributed by atoms with Crippen molar-refractivity contribution in [3.63, 3.8) is 0 Å². The average molecular weight is 911 g/mol. The molecule has 0 N–H and O–H groups in total. The Bertz CT molecular complexity index is 1140. The zero-order valence-electron chi connectivity index (χ0n) is 43.3. The van der Waals surface area contributed by atoms with E-state index in [0.29, 0.717) is 19.3 Å². The number of carbonyl (C=O) groups is 3. The lowest BCUT2D eigenvalue weighted by Crippen LogP contribution is -2.30. The van der Waals surface area contributed by atoms with Gasteiger partial charge in [0, 0.05) is 19.3 Å². The van der Waals surface area contributed by atoms with Crippen LogP contribution in [0.1, 0.15) is 290 Å². The number of ether oxygens (including phenoxy) is 3. The van der Waals surface area contributed by atoms with Crippen molar-refractivity contribution in [3.05, 3.63) is 48.6 Å². The maximum atomic E-state index is 12.8. The van der Waals surface area contributed by atoms with Gasteiger partial charge in [-0.3, -0.25) is 14.4 Å². The van der Waals surface area contributed by atoms with Crippen LogP contribution in [0.2, 0.25) is 0 Å². The van der Waals surface area contributed by atoms with E-state index in [1.165, 1.54) is 180 Å². The number of rotatable bonds is 51. The molecule has 65 heavy (non-hydrogen) atoms. The third-order valence-corrected chi connectivity index (χ3v) is 12.3. The van der Waals surface area contributed by atoms with E-state index in [4.69, 9.17) is 14.2 Å². The first kappa shape index (κ1) is 62.4. The molecule has 0 aliphatic carbocycles. The number of carbonyl (C=O) groups excluding carboxylic acids is 3. The monoisotopic (exact) mass is 911 g/mol. The summed E-state index contributed by atoms with van der Waals surface area (Å²) >= 11 is 0. The molecule has 0 saturated heterocycles. The van der Waals surface area contributed by atoms with E-state index in [0.717, 1.165) is 70.6 Å². The first-order valence-electron chi connectivity index (χ1n) is 28.1. The molecule has 0 spiro atoms. The lowest BCUT2D eigenvalue weighted by atomic mass is 10.0. The Hall–Kier alpha value is -2.63. The second-order valence-electron chi connectivity index (χ2n) is 18.8. The Morgan fingerprint density at radius 2 is 0.554 bits per heavy atom. The van der Waals surface area contributed by atoms with Gasteiger partial charge in [0.2, 0.25) is 0 Å². The quantitative estimate of drug-likeness (QED) is 0.0262. The van der Waals surface area contributed by atoms with Crippen LogP contribution in [0, 0.1) is 0 Å². The van der Waals surface area contributed by atoms with Gasteiger partial charge in [-0.2, -0.15) is 0 Å². The molecule has 0 rings (SSSR count). The molecule has 0 aromatic rings. The normalized spacial score (nSPS) is 12.4. The fourth-order valence-electron chi connectivity index (χ4n) is 8.03. The molecular formula is C59H106O6. The van der Waals surface area contributed by atoms with Crippen LogP contribution in [-0.4, -0.2) is 37.2 Å². The number of hydrogen-bond donors (Lipinski definition) is 0. The molecule has 0 radical (unpaired) electrons. The summed E-state index contributed by atoms with van der Waals surface area (Å²) in [5.41, 5.74) is 0. The predicted molar refractivity (Wildman–Crippen MR) is 279 cm³/mol.